The van der Waals surface area contributed by atoms with Crippen molar-refractivity contribution in [3.8, 4) is 0 Å². The molecule has 2 atom stereocenters. The molecule has 2 N–H and O–H groups in total. The van der Waals surface area contributed by atoms with E-state index in [2.05, 4.69) is 4.72 Å². The highest BCUT2D eigenvalue weighted by Gasteiger charge is 2.48. The molecular weight excluding hydrogens is 258 g/mol. The van der Waals surface area contributed by atoms with Crippen molar-refractivity contribution in [2.45, 2.75) is 33.7 Å². The van der Waals surface area contributed by atoms with Crippen LogP contribution in [0.2, 0.25) is 0 Å². The van der Waals surface area contributed by atoms with Crippen LogP contribution in [0.25, 0.3) is 0 Å². The average Bonchev–Trinajstić information content (AvgIpc) is 2.43. The molecule has 6 nitrogen and oxygen atoms in total. The lowest BCUT2D eigenvalue weighted by Gasteiger charge is -2.27. The Morgan fingerprint density at radius 2 is 2.06 bits per heavy atom. The molecule has 1 aliphatic rings. The standard InChI is InChI=1S/C11H21NO5S/c1-10(2,3)7-18(15,16)12-8-5-17-6-11(8,4)9(13)14/h8,12H,5-7H2,1-4H3,(H,13,14). The highest BCUT2D eigenvalue weighted by atomic mass is 32.2. The molecule has 0 aromatic rings. The summed E-state index contributed by atoms with van der Waals surface area (Å²) in [5, 5.41) is 9.16. The van der Waals surface area contributed by atoms with E-state index in [4.69, 9.17) is 9.84 Å². The van der Waals surface area contributed by atoms with Crippen molar-refractivity contribution in [3.63, 3.8) is 0 Å². The lowest BCUT2D eigenvalue weighted by molar-refractivity contribution is -0.148. The summed E-state index contributed by atoms with van der Waals surface area (Å²) >= 11 is 0. The van der Waals surface area contributed by atoms with Gasteiger partial charge in [0.25, 0.3) is 0 Å². The molecule has 0 aromatic heterocycles. The number of nitrogens with one attached hydrogen (secondary N) is 1. The minimum absolute atomic E-state index is 0.0189. The molecule has 0 saturated carbocycles. The fraction of sp³-hybridized carbons (Fsp3) is 0.909. The second-order valence-electron chi connectivity index (χ2n) is 6.23. The second-order valence-corrected chi connectivity index (χ2v) is 7.98. The van der Waals surface area contributed by atoms with E-state index in [0.29, 0.717) is 0 Å². The number of carboxylic acids is 1. The maximum absolute atomic E-state index is 12.0. The fourth-order valence-corrected chi connectivity index (χ4v) is 3.86. The summed E-state index contributed by atoms with van der Waals surface area (Å²) in [7, 11) is -3.52. The van der Waals surface area contributed by atoms with Gasteiger partial charge in [0.05, 0.1) is 25.0 Å². The van der Waals surface area contributed by atoms with Crippen molar-refractivity contribution in [2.24, 2.45) is 10.8 Å². The van der Waals surface area contributed by atoms with Gasteiger partial charge in [-0.25, -0.2) is 13.1 Å². The zero-order valence-corrected chi connectivity index (χ0v) is 12.0. The largest absolute Gasteiger partial charge is 0.481 e. The molecular formula is C11H21NO5S. The van der Waals surface area contributed by atoms with Gasteiger partial charge in [-0.05, 0) is 12.3 Å². The van der Waals surface area contributed by atoms with Crippen LogP contribution in [0.3, 0.4) is 0 Å². The molecule has 0 radical (unpaired) electrons. The summed E-state index contributed by atoms with van der Waals surface area (Å²) in [6.07, 6.45) is 0. The molecule has 0 aliphatic carbocycles. The summed E-state index contributed by atoms with van der Waals surface area (Å²) in [5.74, 6) is -1.10. The molecule has 1 aliphatic heterocycles. The van der Waals surface area contributed by atoms with Gasteiger partial charge >= 0.3 is 5.97 Å². The van der Waals surface area contributed by atoms with Crippen LogP contribution in [0.1, 0.15) is 27.7 Å². The summed E-state index contributed by atoms with van der Waals surface area (Å²) in [5.41, 5.74) is -1.59. The first-order valence-corrected chi connectivity index (χ1v) is 7.43. The smallest absolute Gasteiger partial charge is 0.313 e. The zero-order valence-electron chi connectivity index (χ0n) is 11.2. The molecule has 1 fully saturated rings. The van der Waals surface area contributed by atoms with Gasteiger partial charge < -0.3 is 9.84 Å². The van der Waals surface area contributed by atoms with E-state index in [0.717, 1.165) is 0 Å². The minimum atomic E-state index is -3.52. The SMILES string of the molecule is CC(C)(C)CS(=O)(=O)NC1COCC1(C)C(=O)O. The first kappa shape index (κ1) is 15.4. The van der Waals surface area contributed by atoms with Crippen LogP contribution >= 0.6 is 0 Å². The number of carboxylic acid groups (broad SMARTS) is 1. The van der Waals surface area contributed by atoms with Gasteiger partial charge in [0, 0.05) is 0 Å². The molecule has 7 heteroatoms. The summed E-state index contributed by atoms with van der Waals surface area (Å²) in [6.45, 7) is 7.04. The van der Waals surface area contributed by atoms with Gasteiger partial charge in [0.15, 0.2) is 0 Å². The van der Waals surface area contributed by atoms with E-state index in [1.165, 1.54) is 6.92 Å². The number of rotatable bonds is 4. The van der Waals surface area contributed by atoms with E-state index in [1.807, 2.05) is 20.8 Å². The lowest BCUT2D eigenvalue weighted by atomic mass is 9.86. The molecule has 1 heterocycles. The molecule has 1 saturated heterocycles. The van der Waals surface area contributed by atoms with Crippen molar-refractivity contribution in [1.82, 2.24) is 4.72 Å². The third-order valence-electron chi connectivity index (χ3n) is 2.89. The molecule has 0 spiro atoms. The maximum atomic E-state index is 12.0. The van der Waals surface area contributed by atoms with Crippen molar-refractivity contribution in [1.29, 1.82) is 0 Å². The van der Waals surface area contributed by atoms with Crippen LogP contribution in [-0.2, 0) is 19.6 Å². The molecule has 0 bridgehead atoms. The topological polar surface area (TPSA) is 92.7 Å². The Morgan fingerprint density at radius 3 is 2.50 bits per heavy atom. The predicted molar refractivity (Wildman–Crippen MR) is 66.7 cm³/mol. The van der Waals surface area contributed by atoms with Crippen molar-refractivity contribution < 1.29 is 23.1 Å². The van der Waals surface area contributed by atoms with E-state index < -0.39 is 27.4 Å². The van der Waals surface area contributed by atoms with Gasteiger partial charge in [-0.2, -0.15) is 0 Å². The molecule has 0 amide bonds. The first-order valence-electron chi connectivity index (χ1n) is 5.77. The van der Waals surface area contributed by atoms with E-state index in [-0.39, 0.29) is 24.4 Å². The minimum Gasteiger partial charge on any atom is -0.481 e. The molecule has 18 heavy (non-hydrogen) atoms. The van der Waals surface area contributed by atoms with E-state index in [1.54, 1.807) is 0 Å². The number of carbonyl (C=O) groups is 1. The Morgan fingerprint density at radius 1 is 1.50 bits per heavy atom. The fourth-order valence-electron chi connectivity index (χ4n) is 1.88. The van der Waals surface area contributed by atoms with Gasteiger partial charge in [0.1, 0.15) is 5.41 Å². The highest BCUT2D eigenvalue weighted by molar-refractivity contribution is 7.89. The Kier molecular flexibility index (Phi) is 4.10. The molecule has 106 valence electrons. The normalized spacial score (nSPS) is 29.4. The van der Waals surface area contributed by atoms with Crippen LogP contribution < -0.4 is 4.72 Å². The quantitative estimate of drug-likeness (QED) is 0.779. The summed E-state index contributed by atoms with van der Waals surface area (Å²) in [4.78, 5) is 11.2. The first-order chi connectivity index (χ1) is 7.96. The maximum Gasteiger partial charge on any atom is 0.313 e. The second kappa shape index (κ2) is 4.79. The van der Waals surface area contributed by atoms with Crippen LogP contribution in [0.4, 0.5) is 0 Å². The number of aliphatic carboxylic acids is 1. The van der Waals surface area contributed by atoms with Gasteiger partial charge in [-0.15, -0.1) is 0 Å². The van der Waals surface area contributed by atoms with Crippen molar-refractivity contribution in [3.05, 3.63) is 0 Å². The van der Waals surface area contributed by atoms with Crippen LogP contribution in [-0.4, -0.2) is 44.5 Å². The van der Waals surface area contributed by atoms with Crippen LogP contribution in [0, 0.1) is 10.8 Å². The molecule has 0 aromatic carbocycles. The number of ether oxygens (including phenoxy) is 1. The lowest BCUT2D eigenvalue weighted by Crippen LogP contribution is -2.51. The molecule has 1 rings (SSSR count). The Labute approximate surface area is 108 Å². The Balaban J connectivity index is 2.82. The highest BCUT2D eigenvalue weighted by Crippen LogP contribution is 2.29. The third kappa shape index (κ3) is 3.66. The van der Waals surface area contributed by atoms with Gasteiger partial charge in [-0.3, -0.25) is 4.79 Å². The zero-order chi connectivity index (χ0) is 14.2. The summed E-state index contributed by atoms with van der Waals surface area (Å²) in [6, 6.07) is -0.720. The van der Waals surface area contributed by atoms with Gasteiger partial charge in [0.2, 0.25) is 10.0 Å². The van der Waals surface area contributed by atoms with Crippen LogP contribution in [0.5, 0.6) is 0 Å². The van der Waals surface area contributed by atoms with Crippen molar-refractivity contribution >= 4 is 16.0 Å². The average molecular weight is 279 g/mol. The number of hydrogen-bond acceptors (Lipinski definition) is 4. The Bertz CT molecular complexity index is 425. The van der Waals surface area contributed by atoms with Crippen molar-refractivity contribution in [2.75, 3.05) is 19.0 Å². The van der Waals surface area contributed by atoms with E-state index >= 15 is 0 Å². The van der Waals surface area contributed by atoms with E-state index in [9.17, 15) is 13.2 Å². The number of hydrogen-bond donors (Lipinski definition) is 2. The van der Waals surface area contributed by atoms with Gasteiger partial charge in [-0.1, -0.05) is 20.8 Å². The predicted octanol–water partition coefficient (Wildman–Crippen LogP) is 0.442. The monoisotopic (exact) mass is 279 g/mol. The molecule has 2 unspecified atom stereocenters. The summed E-state index contributed by atoms with van der Waals surface area (Å²) < 4.78 is 31.5. The number of sulfonamides is 1. The van der Waals surface area contributed by atoms with Crippen LogP contribution in [0.15, 0.2) is 0 Å². The Hall–Kier alpha value is -0.660. The third-order valence-corrected chi connectivity index (χ3v) is 4.78.